The lowest BCUT2D eigenvalue weighted by molar-refractivity contribution is -0.165. The van der Waals surface area contributed by atoms with Crippen molar-refractivity contribution in [1.29, 1.82) is 0 Å². The van der Waals surface area contributed by atoms with Crippen LogP contribution in [0.2, 0.25) is 0 Å². The maximum absolute atomic E-state index is 10.6. The van der Waals surface area contributed by atoms with E-state index in [9.17, 15) is 15.3 Å². The lowest BCUT2D eigenvalue weighted by Gasteiger charge is -2.38. The van der Waals surface area contributed by atoms with Crippen LogP contribution in [0.25, 0.3) is 0 Å². The van der Waals surface area contributed by atoms with Gasteiger partial charge in [0.1, 0.15) is 11.9 Å². The number of furan rings is 1. The van der Waals surface area contributed by atoms with Gasteiger partial charge in [0.25, 0.3) is 0 Å². The van der Waals surface area contributed by atoms with Gasteiger partial charge in [-0.3, -0.25) is 0 Å². The minimum absolute atomic E-state index is 0.00198. The fourth-order valence-electron chi connectivity index (χ4n) is 4.39. The third kappa shape index (κ3) is 5.21. The van der Waals surface area contributed by atoms with Gasteiger partial charge in [-0.05, 0) is 44.9 Å². The van der Waals surface area contributed by atoms with Gasteiger partial charge in [0.05, 0.1) is 49.9 Å². The highest BCUT2D eigenvalue weighted by Gasteiger charge is 2.48. The van der Waals surface area contributed by atoms with Crippen molar-refractivity contribution >= 4 is 5.90 Å². The predicted octanol–water partition coefficient (Wildman–Crippen LogP) is 2.00. The summed E-state index contributed by atoms with van der Waals surface area (Å²) in [6.07, 6.45) is 1.56. The molecule has 172 valence electrons. The zero-order valence-electron chi connectivity index (χ0n) is 18.3. The maximum atomic E-state index is 10.6. The van der Waals surface area contributed by atoms with E-state index < -0.39 is 24.4 Å². The Morgan fingerprint density at radius 1 is 1.26 bits per heavy atom. The highest BCUT2D eigenvalue weighted by molar-refractivity contribution is 5.89. The van der Waals surface area contributed by atoms with Crippen molar-refractivity contribution in [2.45, 2.75) is 76.3 Å². The highest BCUT2D eigenvalue weighted by atomic mass is 16.6. The largest absolute Gasteiger partial charge is 0.465 e. The van der Waals surface area contributed by atoms with Gasteiger partial charge in [-0.1, -0.05) is 12.5 Å². The predicted molar refractivity (Wildman–Crippen MR) is 113 cm³/mol. The summed E-state index contributed by atoms with van der Waals surface area (Å²) in [5, 5.41) is 31.0. The van der Waals surface area contributed by atoms with Gasteiger partial charge < -0.3 is 33.9 Å². The standard InChI is InChI=1S/C23H33NO7/c1-12(8-20-24-10-19(30-20)16-5-4-6-28-16)7-17-22(27)21(26)15(11-29-17)9-18-23(31-18)13(2)14(3)25/h4-6,8,13-15,17-19,21-23,25-27H,7,9-11H2,1-3H3/b12-8+/t13-,14-,15-,17-,18-,19?,21+,22-,23-/m0/s1. The van der Waals surface area contributed by atoms with Gasteiger partial charge in [-0.25, -0.2) is 4.99 Å². The minimum Gasteiger partial charge on any atom is -0.465 e. The van der Waals surface area contributed by atoms with Gasteiger partial charge in [0, 0.05) is 11.8 Å². The van der Waals surface area contributed by atoms with E-state index in [-0.39, 0.29) is 30.1 Å². The average molecular weight is 436 g/mol. The summed E-state index contributed by atoms with van der Waals surface area (Å²) in [5.41, 5.74) is 0.949. The first kappa shape index (κ1) is 22.5. The summed E-state index contributed by atoms with van der Waals surface area (Å²) in [7, 11) is 0. The van der Waals surface area contributed by atoms with E-state index in [1.807, 2.05) is 32.1 Å². The van der Waals surface area contributed by atoms with Crippen molar-refractivity contribution < 1.29 is 33.9 Å². The number of rotatable bonds is 8. The lowest BCUT2D eigenvalue weighted by Crippen LogP contribution is -2.50. The second kappa shape index (κ2) is 9.42. The molecule has 2 fully saturated rings. The second-order valence-corrected chi connectivity index (χ2v) is 9.08. The second-order valence-electron chi connectivity index (χ2n) is 9.08. The highest BCUT2D eigenvalue weighted by Crippen LogP contribution is 2.38. The monoisotopic (exact) mass is 435 g/mol. The number of hydrogen-bond acceptors (Lipinski definition) is 8. The third-order valence-electron chi connectivity index (χ3n) is 6.60. The van der Waals surface area contributed by atoms with Gasteiger partial charge in [0.15, 0.2) is 6.10 Å². The molecule has 4 rings (SSSR count). The fraction of sp³-hybridized carbons (Fsp3) is 0.696. The Kier molecular flexibility index (Phi) is 6.83. The molecule has 1 aromatic rings. The maximum Gasteiger partial charge on any atom is 0.209 e. The van der Waals surface area contributed by atoms with Crippen LogP contribution in [0.4, 0.5) is 0 Å². The van der Waals surface area contributed by atoms with Crippen molar-refractivity contribution in [2.75, 3.05) is 13.2 Å². The van der Waals surface area contributed by atoms with Crippen molar-refractivity contribution in [3.8, 4) is 0 Å². The molecule has 9 atom stereocenters. The van der Waals surface area contributed by atoms with Crippen LogP contribution < -0.4 is 0 Å². The van der Waals surface area contributed by atoms with E-state index in [0.717, 1.165) is 11.3 Å². The van der Waals surface area contributed by atoms with E-state index in [4.69, 9.17) is 18.6 Å². The van der Waals surface area contributed by atoms with Crippen molar-refractivity contribution in [2.24, 2.45) is 16.8 Å². The van der Waals surface area contributed by atoms with Gasteiger partial charge in [0.2, 0.25) is 5.90 Å². The van der Waals surface area contributed by atoms with Crippen molar-refractivity contribution in [1.82, 2.24) is 0 Å². The first-order valence-corrected chi connectivity index (χ1v) is 11.1. The summed E-state index contributed by atoms with van der Waals surface area (Å²) in [5.74, 6) is 1.13. The Labute approximate surface area is 182 Å². The zero-order valence-corrected chi connectivity index (χ0v) is 18.3. The molecule has 3 aliphatic rings. The molecule has 8 heteroatoms. The minimum atomic E-state index is -0.976. The van der Waals surface area contributed by atoms with Crippen LogP contribution in [0, 0.1) is 11.8 Å². The molecule has 31 heavy (non-hydrogen) atoms. The number of epoxide rings is 1. The first-order valence-electron chi connectivity index (χ1n) is 11.1. The first-order chi connectivity index (χ1) is 14.8. The number of aliphatic imine (C=N–C) groups is 1. The molecule has 0 aliphatic carbocycles. The summed E-state index contributed by atoms with van der Waals surface area (Å²) in [4.78, 5) is 4.40. The Morgan fingerprint density at radius 3 is 2.77 bits per heavy atom. The molecule has 1 unspecified atom stereocenters. The lowest BCUT2D eigenvalue weighted by atomic mass is 9.85. The van der Waals surface area contributed by atoms with Crippen LogP contribution in [-0.4, -0.2) is 71.0 Å². The van der Waals surface area contributed by atoms with Crippen LogP contribution in [0.15, 0.2) is 39.5 Å². The van der Waals surface area contributed by atoms with E-state index >= 15 is 0 Å². The van der Waals surface area contributed by atoms with Crippen LogP contribution in [0.5, 0.6) is 0 Å². The summed E-state index contributed by atoms with van der Waals surface area (Å²) >= 11 is 0. The molecule has 0 radical (unpaired) electrons. The Balaban J connectivity index is 1.25. The van der Waals surface area contributed by atoms with Crippen LogP contribution in [0.1, 0.15) is 45.5 Å². The van der Waals surface area contributed by atoms with Crippen molar-refractivity contribution in [3.63, 3.8) is 0 Å². The number of nitrogens with zero attached hydrogens (tertiary/aromatic N) is 1. The Morgan fingerprint density at radius 2 is 2.06 bits per heavy atom. The molecule has 2 saturated heterocycles. The number of aliphatic hydroxyl groups excluding tert-OH is 3. The molecule has 0 bridgehead atoms. The topological polar surface area (TPSA) is 117 Å². The Hall–Kier alpha value is -1.71. The molecule has 0 amide bonds. The molecule has 3 N–H and O–H groups in total. The fourth-order valence-corrected chi connectivity index (χ4v) is 4.39. The van der Waals surface area contributed by atoms with E-state index in [0.29, 0.717) is 31.9 Å². The van der Waals surface area contributed by atoms with Crippen LogP contribution in [0.3, 0.4) is 0 Å². The molecule has 0 spiro atoms. The SMILES string of the molecule is C/C(=C\C1=NCC(c2ccco2)O1)C[C@@H]1OC[C@H](C[C@@H]2O[C@H]2[C@@H](C)[C@H](C)O)[C@@H](O)[C@H]1O. The van der Waals surface area contributed by atoms with Crippen LogP contribution >= 0.6 is 0 Å². The van der Waals surface area contributed by atoms with Gasteiger partial charge in [-0.2, -0.15) is 0 Å². The number of hydrogen-bond donors (Lipinski definition) is 3. The van der Waals surface area contributed by atoms with E-state index in [2.05, 4.69) is 4.99 Å². The molecule has 3 aliphatic heterocycles. The molecule has 1 aromatic heterocycles. The molecule has 4 heterocycles. The molecule has 8 nitrogen and oxygen atoms in total. The van der Waals surface area contributed by atoms with Crippen LogP contribution in [-0.2, 0) is 14.2 Å². The van der Waals surface area contributed by atoms with E-state index in [1.54, 1.807) is 13.2 Å². The summed E-state index contributed by atoms with van der Waals surface area (Å²) in [6.45, 7) is 6.52. The summed E-state index contributed by atoms with van der Waals surface area (Å²) < 4.78 is 22.8. The van der Waals surface area contributed by atoms with Gasteiger partial charge >= 0.3 is 0 Å². The summed E-state index contributed by atoms with van der Waals surface area (Å²) in [6, 6.07) is 3.69. The molecule has 0 aromatic carbocycles. The average Bonchev–Trinajstić information content (AvgIpc) is 3.09. The van der Waals surface area contributed by atoms with Gasteiger partial charge in [-0.15, -0.1) is 0 Å². The number of ether oxygens (including phenoxy) is 3. The van der Waals surface area contributed by atoms with Crippen molar-refractivity contribution in [3.05, 3.63) is 35.8 Å². The molecular formula is C23H33NO7. The third-order valence-corrected chi connectivity index (χ3v) is 6.60. The van der Waals surface area contributed by atoms with E-state index in [1.165, 1.54) is 0 Å². The molecule has 0 saturated carbocycles. The number of aliphatic hydroxyl groups is 3. The normalized spacial score (nSPS) is 37.8. The zero-order chi connectivity index (χ0) is 22.1. The molecular weight excluding hydrogens is 402 g/mol. The Bertz CT molecular complexity index is 790. The smallest absolute Gasteiger partial charge is 0.209 e. The quantitative estimate of drug-likeness (QED) is 0.535.